The van der Waals surface area contributed by atoms with Gasteiger partial charge in [0.15, 0.2) is 0 Å². The molecule has 1 atom stereocenters. The number of nitrogens with one attached hydrogen (secondary N) is 2. The van der Waals surface area contributed by atoms with Gasteiger partial charge in [-0.2, -0.15) is 0 Å². The van der Waals surface area contributed by atoms with E-state index < -0.39 is 5.60 Å². The van der Waals surface area contributed by atoms with E-state index in [1.54, 1.807) is 25.1 Å². The lowest BCUT2D eigenvalue weighted by Crippen LogP contribution is -2.42. The van der Waals surface area contributed by atoms with E-state index in [4.69, 9.17) is 4.74 Å². The summed E-state index contributed by atoms with van der Waals surface area (Å²) in [6.45, 7) is 3.79. The van der Waals surface area contributed by atoms with E-state index in [0.717, 1.165) is 11.3 Å². The second kappa shape index (κ2) is 7.24. The minimum Gasteiger partial charge on any atom is -0.372 e. The first-order valence-corrected chi connectivity index (χ1v) is 7.37. The Balaban J connectivity index is 2.04. The lowest BCUT2D eigenvalue weighted by Gasteiger charge is -2.29. The first-order valence-electron chi connectivity index (χ1n) is 7.37. The zero-order valence-corrected chi connectivity index (χ0v) is 13.5. The fourth-order valence-corrected chi connectivity index (χ4v) is 2.30. The molecule has 4 nitrogen and oxygen atoms in total. The number of hydrogen-bond acceptors (Lipinski definition) is 2. The summed E-state index contributed by atoms with van der Waals surface area (Å²) >= 11 is 0. The van der Waals surface area contributed by atoms with Crippen LogP contribution in [-0.2, 0) is 10.3 Å². The number of hydrogen-bond donors (Lipinski definition) is 2. The molecule has 0 aromatic heterocycles. The van der Waals surface area contributed by atoms with Crippen molar-refractivity contribution in [3.8, 4) is 0 Å². The van der Waals surface area contributed by atoms with Crippen LogP contribution in [0.15, 0.2) is 48.5 Å². The first kappa shape index (κ1) is 17.0. The number of para-hydroxylation sites is 1. The van der Waals surface area contributed by atoms with Gasteiger partial charge in [0.1, 0.15) is 11.4 Å². The van der Waals surface area contributed by atoms with Crippen LogP contribution in [-0.4, -0.2) is 19.7 Å². The molecular weight excluding hydrogens is 295 g/mol. The Bertz CT molecular complexity index is 690. The van der Waals surface area contributed by atoms with Crippen LogP contribution in [0, 0.1) is 12.7 Å². The number of methoxy groups -OCH3 is 1. The summed E-state index contributed by atoms with van der Waals surface area (Å²) in [5.74, 6) is -0.363. The monoisotopic (exact) mass is 316 g/mol. The molecule has 0 bridgehead atoms. The third-order valence-corrected chi connectivity index (χ3v) is 3.87. The molecule has 0 saturated carbocycles. The maximum absolute atomic E-state index is 14.0. The SMILES string of the molecule is CO[C@](C)(CNC(=O)Nc1ccccc1C)c1ccccc1F. The maximum atomic E-state index is 14.0. The first-order chi connectivity index (χ1) is 11.0. The van der Waals surface area contributed by atoms with Crippen LogP contribution < -0.4 is 10.6 Å². The Morgan fingerprint density at radius 1 is 1.17 bits per heavy atom. The molecule has 0 aliphatic heterocycles. The molecule has 5 heteroatoms. The number of rotatable bonds is 5. The minimum atomic E-state index is -0.950. The zero-order valence-electron chi connectivity index (χ0n) is 13.5. The van der Waals surface area contributed by atoms with Gasteiger partial charge in [-0.1, -0.05) is 36.4 Å². The van der Waals surface area contributed by atoms with Gasteiger partial charge in [0.05, 0.1) is 6.54 Å². The molecule has 0 fully saturated rings. The highest BCUT2D eigenvalue weighted by Gasteiger charge is 2.29. The number of carbonyl (C=O) groups is 1. The molecule has 2 rings (SSSR count). The van der Waals surface area contributed by atoms with Gasteiger partial charge in [-0.05, 0) is 31.5 Å². The molecule has 0 radical (unpaired) electrons. The number of amides is 2. The molecule has 0 aliphatic carbocycles. The standard InChI is InChI=1S/C18H21FN2O2/c1-13-8-4-7-11-16(13)21-17(22)20-12-18(2,23-3)14-9-5-6-10-15(14)19/h4-11H,12H2,1-3H3,(H2,20,21,22)/t18-/m1/s1. The lowest BCUT2D eigenvalue weighted by molar-refractivity contribution is 0.00235. The van der Waals surface area contributed by atoms with Gasteiger partial charge in [0.2, 0.25) is 0 Å². The summed E-state index contributed by atoms with van der Waals surface area (Å²) in [4.78, 5) is 12.1. The number of carbonyl (C=O) groups excluding carboxylic acids is 1. The van der Waals surface area contributed by atoms with Crippen LogP contribution >= 0.6 is 0 Å². The van der Waals surface area contributed by atoms with Gasteiger partial charge >= 0.3 is 6.03 Å². The average Bonchev–Trinajstić information content (AvgIpc) is 2.55. The van der Waals surface area contributed by atoms with Crippen LogP contribution in [0.2, 0.25) is 0 Å². The molecule has 2 N–H and O–H groups in total. The quantitative estimate of drug-likeness (QED) is 0.881. The van der Waals surface area contributed by atoms with Crippen molar-refractivity contribution in [3.05, 3.63) is 65.5 Å². The molecule has 0 saturated heterocycles. The second-order valence-electron chi connectivity index (χ2n) is 5.54. The van der Waals surface area contributed by atoms with Crippen molar-refractivity contribution in [3.63, 3.8) is 0 Å². The smallest absolute Gasteiger partial charge is 0.319 e. The Morgan fingerprint density at radius 2 is 1.83 bits per heavy atom. The number of anilines is 1. The molecule has 2 aromatic carbocycles. The number of halogens is 1. The van der Waals surface area contributed by atoms with Crippen LogP contribution in [0.1, 0.15) is 18.1 Å². The van der Waals surface area contributed by atoms with Crippen molar-refractivity contribution in [1.29, 1.82) is 0 Å². The van der Waals surface area contributed by atoms with Gasteiger partial charge in [0.25, 0.3) is 0 Å². The Labute approximate surface area is 135 Å². The van der Waals surface area contributed by atoms with E-state index in [1.165, 1.54) is 13.2 Å². The van der Waals surface area contributed by atoms with Crippen LogP contribution in [0.3, 0.4) is 0 Å². The summed E-state index contributed by atoms with van der Waals surface area (Å²) in [5.41, 5.74) is 1.15. The van der Waals surface area contributed by atoms with Gasteiger partial charge in [0, 0.05) is 18.4 Å². The second-order valence-corrected chi connectivity index (χ2v) is 5.54. The topological polar surface area (TPSA) is 50.4 Å². The predicted molar refractivity (Wildman–Crippen MR) is 89.0 cm³/mol. The van der Waals surface area contributed by atoms with Crippen molar-refractivity contribution in [2.24, 2.45) is 0 Å². The van der Waals surface area contributed by atoms with Crippen LogP contribution in [0.5, 0.6) is 0 Å². The van der Waals surface area contributed by atoms with E-state index in [9.17, 15) is 9.18 Å². The van der Waals surface area contributed by atoms with Crippen LogP contribution in [0.25, 0.3) is 0 Å². The van der Waals surface area contributed by atoms with Gasteiger partial charge < -0.3 is 15.4 Å². The van der Waals surface area contributed by atoms with E-state index in [2.05, 4.69) is 10.6 Å². The number of benzene rings is 2. The Kier molecular flexibility index (Phi) is 5.34. The molecule has 0 aliphatic rings. The van der Waals surface area contributed by atoms with Gasteiger partial charge in [-0.3, -0.25) is 0 Å². The fraction of sp³-hybridized carbons (Fsp3) is 0.278. The van der Waals surface area contributed by atoms with Crippen molar-refractivity contribution in [2.45, 2.75) is 19.4 Å². The van der Waals surface area contributed by atoms with Crippen LogP contribution in [0.4, 0.5) is 14.9 Å². The normalized spacial score (nSPS) is 13.2. The molecule has 2 aromatic rings. The van der Waals surface area contributed by atoms with E-state index in [1.807, 2.05) is 31.2 Å². The minimum absolute atomic E-state index is 0.141. The summed E-state index contributed by atoms with van der Waals surface area (Å²) in [5, 5.41) is 5.51. The molecule has 0 heterocycles. The maximum Gasteiger partial charge on any atom is 0.319 e. The summed E-state index contributed by atoms with van der Waals surface area (Å²) in [7, 11) is 1.49. The molecular formula is C18H21FN2O2. The number of aryl methyl sites for hydroxylation is 1. The van der Waals surface area contributed by atoms with E-state index >= 15 is 0 Å². The highest BCUT2D eigenvalue weighted by Crippen LogP contribution is 2.26. The molecule has 0 spiro atoms. The molecule has 23 heavy (non-hydrogen) atoms. The predicted octanol–water partition coefficient (Wildman–Crippen LogP) is 3.82. The highest BCUT2D eigenvalue weighted by molar-refractivity contribution is 5.90. The largest absolute Gasteiger partial charge is 0.372 e. The molecule has 122 valence electrons. The summed E-state index contributed by atoms with van der Waals surface area (Å²) < 4.78 is 19.4. The Hall–Kier alpha value is -2.40. The third kappa shape index (κ3) is 4.07. The van der Waals surface area contributed by atoms with Crippen molar-refractivity contribution >= 4 is 11.7 Å². The fourth-order valence-electron chi connectivity index (χ4n) is 2.30. The Morgan fingerprint density at radius 3 is 2.48 bits per heavy atom. The summed E-state index contributed by atoms with van der Waals surface area (Å²) in [6, 6.07) is 13.5. The number of ether oxygens (including phenoxy) is 1. The van der Waals surface area contributed by atoms with Crippen molar-refractivity contribution in [1.82, 2.24) is 5.32 Å². The number of urea groups is 1. The molecule has 0 unspecified atom stereocenters. The zero-order chi connectivity index (χ0) is 16.9. The van der Waals surface area contributed by atoms with E-state index in [-0.39, 0.29) is 18.4 Å². The van der Waals surface area contributed by atoms with E-state index in [0.29, 0.717) is 5.56 Å². The van der Waals surface area contributed by atoms with Crippen molar-refractivity contribution < 1.29 is 13.9 Å². The molecule has 2 amide bonds. The van der Waals surface area contributed by atoms with Gasteiger partial charge in [-0.15, -0.1) is 0 Å². The third-order valence-electron chi connectivity index (χ3n) is 3.87. The highest BCUT2D eigenvalue weighted by atomic mass is 19.1. The van der Waals surface area contributed by atoms with Crippen molar-refractivity contribution in [2.75, 3.05) is 19.0 Å². The average molecular weight is 316 g/mol. The summed E-state index contributed by atoms with van der Waals surface area (Å²) in [6.07, 6.45) is 0. The van der Waals surface area contributed by atoms with Gasteiger partial charge in [-0.25, -0.2) is 9.18 Å². The lowest BCUT2D eigenvalue weighted by atomic mass is 9.95.